The molecule has 0 spiro atoms. The molecular weight excluding hydrogens is 322 g/mol. The first kappa shape index (κ1) is 12.9. The van der Waals surface area contributed by atoms with E-state index in [0.29, 0.717) is 12.4 Å². The number of methoxy groups -OCH3 is 1. The summed E-state index contributed by atoms with van der Waals surface area (Å²) in [6.45, 7) is 0.616. The Bertz CT molecular complexity index is 742. The standard InChI is InChI=1S/C13H12BrN5O/c1-20-11-6-9(2-3-15-11)7-17-12-13-16-4-5-19(13)8-10(14)18-12/h2-6,8H,7H2,1H3,(H,17,18). The van der Waals surface area contributed by atoms with E-state index < -0.39 is 0 Å². The lowest BCUT2D eigenvalue weighted by atomic mass is 10.2. The van der Waals surface area contributed by atoms with Crippen molar-refractivity contribution >= 4 is 27.4 Å². The van der Waals surface area contributed by atoms with Crippen LogP contribution in [0.2, 0.25) is 0 Å². The molecule has 0 aromatic carbocycles. The molecule has 7 heteroatoms. The molecule has 0 aliphatic rings. The highest BCUT2D eigenvalue weighted by atomic mass is 79.9. The molecule has 1 N–H and O–H groups in total. The molecule has 0 unspecified atom stereocenters. The molecule has 6 nitrogen and oxygen atoms in total. The summed E-state index contributed by atoms with van der Waals surface area (Å²) in [4.78, 5) is 12.8. The second kappa shape index (κ2) is 5.46. The fourth-order valence-corrected chi connectivity index (χ4v) is 2.28. The lowest BCUT2D eigenvalue weighted by molar-refractivity contribution is 0.397. The second-order valence-corrected chi connectivity index (χ2v) is 4.94. The van der Waals surface area contributed by atoms with Gasteiger partial charge in [0.25, 0.3) is 0 Å². The molecular formula is C13H12BrN5O. The summed E-state index contributed by atoms with van der Waals surface area (Å²) >= 11 is 3.39. The van der Waals surface area contributed by atoms with Crippen LogP contribution >= 0.6 is 15.9 Å². The number of ether oxygens (including phenoxy) is 1. The van der Waals surface area contributed by atoms with Crippen molar-refractivity contribution in [2.24, 2.45) is 0 Å². The zero-order valence-corrected chi connectivity index (χ0v) is 12.3. The van der Waals surface area contributed by atoms with Crippen molar-refractivity contribution in [2.45, 2.75) is 6.54 Å². The summed E-state index contributed by atoms with van der Waals surface area (Å²) < 4.78 is 7.76. The maximum absolute atomic E-state index is 5.11. The lowest BCUT2D eigenvalue weighted by Gasteiger charge is -2.08. The molecule has 0 saturated carbocycles. The van der Waals surface area contributed by atoms with Gasteiger partial charge in [-0.1, -0.05) is 0 Å². The van der Waals surface area contributed by atoms with Crippen LogP contribution in [0.15, 0.2) is 41.5 Å². The normalized spacial score (nSPS) is 10.7. The summed E-state index contributed by atoms with van der Waals surface area (Å²) in [5, 5.41) is 3.27. The number of aromatic nitrogens is 4. The molecule has 102 valence electrons. The van der Waals surface area contributed by atoms with Crippen LogP contribution in [0.5, 0.6) is 5.88 Å². The van der Waals surface area contributed by atoms with Crippen molar-refractivity contribution in [3.8, 4) is 5.88 Å². The number of imidazole rings is 1. The lowest BCUT2D eigenvalue weighted by Crippen LogP contribution is -2.04. The highest BCUT2D eigenvalue weighted by molar-refractivity contribution is 9.10. The zero-order chi connectivity index (χ0) is 13.9. The monoisotopic (exact) mass is 333 g/mol. The number of hydrogen-bond donors (Lipinski definition) is 1. The summed E-state index contributed by atoms with van der Waals surface area (Å²) in [5.74, 6) is 1.32. The largest absolute Gasteiger partial charge is 0.481 e. The number of pyridine rings is 1. The Morgan fingerprint density at radius 3 is 3.10 bits per heavy atom. The molecule has 20 heavy (non-hydrogen) atoms. The minimum absolute atomic E-state index is 0.595. The number of anilines is 1. The van der Waals surface area contributed by atoms with Gasteiger partial charge in [0.1, 0.15) is 4.60 Å². The van der Waals surface area contributed by atoms with Gasteiger partial charge in [0.15, 0.2) is 11.5 Å². The second-order valence-electron chi connectivity index (χ2n) is 4.13. The minimum atomic E-state index is 0.595. The molecule has 3 heterocycles. The number of hydrogen-bond acceptors (Lipinski definition) is 5. The van der Waals surface area contributed by atoms with E-state index in [1.807, 2.05) is 28.9 Å². The van der Waals surface area contributed by atoms with Crippen LogP contribution in [-0.2, 0) is 6.54 Å². The first-order chi connectivity index (χ1) is 9.76. The summed E-state index contributed by atoms with van der Waals surface area (Å²) in [7, 11) is 1.60. The maximum Gasteiger partial charge on any atom is 0.213 e. The number of rotatable bonds is 4. The van der Waals surface area contributed by atoms with Crippen LogP contribution in [0.3, 0.4) is 0 Å². The van der Waals surface area contributed by atoms with Crippen molar-refractivity contribution in [1.82, 2.24) is 19.4 Å². The van der Waals surface area contributed by atoms with Gasteiger partial charge in [-0.2, -0.15) is 0 Å². The molecule has 0 radical (unpaired) electrons. The fourth-order valence-electron chi connectivity index (χ4n) is 1.88. The number of fused-ring (bicyclic) bond motifs is 1. The van der Waals surface area contributed by atoms with E-state index in [2.05, 4.69) is 36.2 Å². The van der Waals surface area contributed by atoms with Gasteiger partial charge in [-0.3, -0.25) is 0 Å². The van der Waals surface area contributed by atoms with Crippen LogP contribution < -0.4 is 10.1 Å². The average molecular weight is 334 g/mol. The van der Waals surface area contributed by atoms with Crippen LogP contribution in [0.25, 0.3) is 5.65 Å². The van der Waals surface area contributed by atoms with Crippen molar-refractivity contribution in [3.05, 3.63) is 47.1 Å². The van der Waals surface area contributed by atoms with E-state index in [1.54, 1.807) is 19.5 Å². The van der Waals surface area contributed by atoms with Crippen molar-refractivity contribution in [2.75, 3.05) is 12.4 Å². The molecule has 0 saturated heterocycles. The van der Waals surface area contributed by atoms with E-state index in [1.165, 1.54) is 0 Å². The van der Waals surface area contributed by atoms with Gasteiger partial charge in [0.05, 0.1) is 7.11 Å². The van der Waals surface area contributed by atoms with Gasteiger partial charge < -0.3 is 14.5 Å². The summed E-state index contributed by atoms with van der Waals surface area (Å²) in [6.07, 6.45) is 7.20. The first-order valence-corrected chi connectivity index (χ1v) is 6.77. The molecule has 3 rings (SSSR count). The Balaban J connectivity index is 1.84. The molecule has 0 aliphatic heterocycles. The molecule has 0 atom stereocenters. The molecule has 0 amide bonds. The van der Waals surface area contributed by atoms with Crippen molar-refractivity contribution in [3.63, 3.8) is 0 Å². The van der Waals surface area contributed by atoms with E-state index in [0.717, 1.165) is 21.6 Å². The molecule has 0 bridgehead atoms. The third kappa shape index (κ3) is 2.57. The van der Waals surface area contributed by atoms with Gasteiger partial charge in [0, 0.05) is 37.4 Å². The highest BCUT2D eigenvalue weighted by Crippen LogP contribution is 2.18. The van der Waals surface area contributed by atoms with Crippen LogP contribution in [0.4, 0.5) is 5.82 Å². The maximum atomic E-state index is 5.11. The smallest absolute Gasteiger partial charge is 0.213 e. The Morgan fingerprint density at radius 1 is 1.35 bits per heavy atom. The highest BCUT2D eigenvalue weighted by Gasteiger charge is 2.06. The Hall–Kier alpha value is -2.15. The molecule has 3 aromatic heterocycles. The fraction of sp³-hybridized carbons (Fsp3) is 0.154. The topological polar surface area (TPSA) is 64.3 Å². The Kier molecular flexibility index (Phi) is 3.51. The Labute approximate surface area is 124 Å². The van der Waals surface area contributed by atoms with Crippen molar-refractivity contribution in [1.29, 1.82) is 0 Å². The van der Waals surface area contributed by atoms with E-state index in [9.17, 15) is 0 Å². The third-order valence-corrected chi connectivity index (χ3v) is 3.20. The number of halogens is 1. The van der Waals surface area contributed by atoms with Gasteiger partial charge in [-0.15, -0.1) is 0 Å². The summed E-state index contributed by atoms with van der Waals surface area (Å²) in [6, 6.07) is 3.81. The van der Waals surface area contributed by atoms with Crippen LogP contribution in [0.1, 0.15) is 5.56 Å². The number of nitrogens with one attached hydrogen (secondary N) is 1. The predicted molar refractivity (Wildman–Crippen MR) is 78.8 cm³/mol. The zero-order valence-electron chi connectivity index (χ0n) is 10.7. The van der Waals surface area contributed by atoms with Crippen LogP contribution in [-0.4, -0.2) is 26.5 Å². The SMILES string of the molecule is COc1cc(CNc2nc(Br)cn3ccnc23)ccn1. The molecule has 0 aliphatic carbocycles. The number of nitrogens with zero attached hydrogens (tertiary/aromatic N) is 4. The average Bonchev–Trinajstić information content (AvgIpc) is 2.93. The van der Waals surface area contributed by atoms with Gasteiger partial charge >= 0.3 is 0 Å². The molecule has 0 fully saturated rings. The Morgan fingerprint density at radius 2 is 2.25 bits per heavy atom. The van der Waals surface area contributed by atoms with E-state index >= 15 is 0 Å². The van der Waals surface area contributed by atoms with Gasteiger partial charge in [-0.05, 0) is 27.6 Å². The predicted octanol–water partition coefficient (Wildman–Crippen LogP) is 2.51. The first-order valence-electron chi connectivity index (χ1n) is 5.98. The quantitative estimate of drug-likeness (QED) is 0.794. The van der Waals surface area contributed by atoms with Crippen molar-refractivity contribution < 1.29 is 4.74 Å². The van der Waals surface area contributed by atoms with E-state index in [-0.39, 0.29) is 0 Å². The van der Waals surface area contributed by atoms with Gasteiger partial charge in [-0.25, -0.2) is 15.0 Å². The summed E-state index contributed by atoms with van der Waals surface area (Å²) in [5.41, 5.74) is 1.84. The van der Waals surface area contributed by atoms with Gasteiger partial charge in [0.2, 0.25) is 5.88 Å². The van der Waals surface area contributed by atoms with Crippen LogP contribution in [0, 0.1) is 0 Å². The molecule has 3 aromatic rings. The van der Waals surface area contributed by atoms with E-state index in [4.69, 9.17) is 4.74 Å². The minimum Gasteiger partial charge on any atom is -0.481 e. The third-order valence-electron chi connectivity index (χ3n) is 2.81.